The Bertz CT molecular complexity index is 1050. The zero-order valence-electron chi connectivity index (χ0n) is 20.5. The molecule has 1 aliphatic carbocycles. The molecule has 1 nitrogen and oxygen atoms in total. The molecule has 180 valence electrons. The van der Waals surface area contributed by atoms with E-state index in [1.807, 2.05) is 0 Å². The molecule has 0 radical (unpaired) electrons. The molecule has 3 aromatic carbocycles. The van der Waals surface area contributed by atoms with E-state index in [4.69, 9.17) is 0 Å². The number of fused-ring (bicyclic) bond motifs is 3. The molecule has 0 fully saturated rings. The number of unbranched alkanes of at least 4 members (excludes halogenated alkanes) is 6. The summed E-state index contributed by atoms with van der Waals surface area (Å²) in [6.07, 6.45) is 12.2. The number of aliphatic hydroxyl groups is 1. The molecule has 1 aliphatic rings. The summed E-state index contributed by atoms with van der Waals surface area (Å²) in [5.41, 5.74) is 6.72. The summed E-state index contributed by atoms with van der Waals surface area (Å²) in [4.78, 5) is 0. The molecule has 34 heavy (non-hydrogen) atoms. The highest BCUT2D eigenvalue weighted by Gasteiger charge is 2.43. The van der Waals surface area contributed by atoms with Crippen LogP contribution in [0.2, 0.25) is 0 Å². The lowest BCUT2D eigenvalue weighted by molar-refractivity contribution is 0.130. The smallest absolute Gasteiger partial charge is 0.141 e. The van der Waals surface area contributed by atoms with Crippen LogP contribution in [-0.4, -0.2) is 5.11 Å². The highest BCUT2D eigenvalue weighted by atomic mass is 79.9. The number of aryl methyl sites for hydroxylation is 2. The number of hydrogen-bond acceptors (Lipinski definition) is 1. The van der Waals surface area contributed by atoms with E-state index in [-0.39, 0.29) is 0 Å². The van der Waals surface area contributed by atoms with Crippen LogP contribution in [0.25, 0.3) is 11.1 Å². The van der Waals surface area contributed by atoms with Gasteiger partial charge in [0.05, 0.1) is 0 Å². The summed E-state index contributed by atoms with van der Waals surface area (Å²) in [5, 5.41) is 12.5. The molecule has 3 aromatic rings. The van der Waals surface area contributed by atoms with Crippen molar-refractivity contribution >= 4 is 31.9 Å². The van der Waals surface area contributed by atoms with Gasteiger partial charge >= 0.3 is 0 Å². The molecule has 0 aromatic heterocycles. The van der Waals surface area contributed by atoms with Crippen LogP contribution >= 0.6 is 31.9 Å². The van der Waals surface area contributed by atoms with Gasteiger partial charge in [-0.1, -0.05) is 115 Å². The summed E-state index contributed by atoms with van der Waals surface area (Å²) >= 11 is 7.31. The number of benzene rings is 3. The third-order valence-electron chi connectivity index (χ3n) is 7.14. The van der Waals surface area contributed by atoms with Gasteiger partial charge in [0.25, 0.3) is 0 Å². The van der Waals surface area contributed by atoms with Crippen molar-refractivity contribution in [2.24, 2.45) is 0 Å². The Balaban J connectivity index is 1.79. The first kappa shape index (κ1) is 25.7. The first-order valence-corrected chi connectivity index (χ1v) is 14.5. The fourth-order valence-corrected chi connectivity index (χ4v) is 6.05. The molecule has 1 N–H and O–H groups in total. The number of rotatable bonds is 11. The molecular formula is C31H36Br2O. The molecule has 0 bridgehead atoms. The van der Waals surface area contributed by atoms with Crippen LogP contribution in [0, 0.1) is 0 Å². The van der Waals surface area contributed by atoms with Crippen molar-refractivity contribution in [3.05, 3.63) is 91.4 Å². The van der Waals surface area contributed by atoms with E-state index in [1.54, 1.807) is 0 Å². The summed E-state index contributed by atoms with van der Waals surface area (Å²) in [7, 11) is 0. The first-order chi connectivity index (χ1) is 16.5. The van der Waals surface area contributed by atoms with Gasteiger partial charge in [-0.25, -0.2) is 0 Å². The fourth-order valence-electron chi connectivity index (χ4n) is 5.33. The molecule has 3 heteroatoms. The second kappa shape index (κ2) is 11.5. The van der Waals surface area contributed by atoms with E-state index >= 15 is 0 Å². The van der Waals surface area contributed by atoms with Crippen LogP contribution in [0.15, 0.2) is 63.5 Å². The summed E-state index contributed by atoms with van der Waals surface area (Å²) in [5.74, 6) is 0. The Morgan fingerprint density at radius 2 is 1.09 bits per heavy atom. The molecular weight excluding hydrogens is 548 g/mol. The molecule has 4 rings (SSSR count). The Hall–Kier alpha value is -1.42. The van der Waals surface area contributed by atoms with Crippen LogP contribution in [-0.2, 0) is 18.4 Å². The summed E-state index contributed by atoms with van der Waals surface area (Å²) in [6.45, 7) is 4.52. The van der Waals surface area contributed by atoms with Crippen molar-refractivity contribution in [3.63, 3.8) is 0 Å². The molecule has 0 amide bonds. The Kier molecular flexibility index (Phi) is 8.71. The maximum Gasteiger partial charge on any atom is 0.141 e. The van der Waals surface area contributed by atoms with E-state index < -0.39 is 5.60 Å². The van der Waals surface area contributed by atoms with Crippen LogP contribution in [0.3, 0.4) is 0 Å². The summed E-state index contributed by atoms with van der Waals surface area (Å²) < 4.78 is 1.99. The van der Waals surface area contributed by atoms with E-state index in [9.17, 15) is 5.11 Å². The molecule has 0 saturated carbocycles. The van der Waals surface area contributed by atoms with Crippen molar-refractivity contribution in [1.82, 2.24) is 0 Å². The highest BCUT2D eigenvalue weighted by Crippen LogP contribution is 2.52. The van der Waals surface area contributed by atoms with Crippen molar-refractivity contribution in [2.45, 2.75) is 83.7 Å². The molecule has 0 spiro atoms. The second-order valence-corrected chi connectivity index (χ2v) is 11.6. The van der Waals surface area contributed by atoms with Crippen molar-refractivity contribution in [1.29, 1.82) is 0 Å². The normalized spacial score (nSPS) is 13.7. The molecule has 0 saturated heterocycles. The van der Waals surface area contributed by atoms with Gasteiger partial charge in [0.15, 0.2) is 0 Å². The quantitative estimate of drug-likeness (QED) is 0.223. The van der Waals surface area contributed by atoms with E-state index in [1.165, 1.54) is 62.5 Å². The zero-order valence-corrected chi connectivity index (χ0v) is 23.6. The SMILES string of the molecule is CCCCCCc1cc(CCCCCC)cc(C2(O)c3cc(Br)ccc3-c3ccc(Br)cc32)c1. The average Bonchev–Trinajstić information content (AvgIpc) is 3.08. The minimum atomic E-state index is -1.16. The monoisotopic (exact) mass is 582 g/mol. The van der Waals surface area contributed by atoms with Gasteiger partial charge in [0.2, 0.25) is 0 Å². The van der Waals surface area contributed by atoms with Crippen LogP contribution in [0.5, 0.6) is 0 Å². The van der Waals surface area contributed by atoms with Gasteiger partial charge in [-0.2, -0.15) is 0 Å². The Morgan fingerprint density at radius 1 is 0.618 bits per heavy atom. The number of halogens is 2. The zero-order chi connectivity index (χ0) is 24.1. The predicted molar refractivity (Wildman–Crippen MR) is 152 cm³/mol. The molecule has 0 aliphatic heterocycles. The predicted octanol–water partition coefficient (Wildman–Crippen LogP) is 9.72. The molecule has 0 heterocycles. The molecule has 0 unspecified atom stereocenters. The highest BCUT2D eigenvalue weighted by molar-refractivity contribution is 9.10. The van der Waals surface area contributed by atoms with Gasteiger partial charge in [-0.05, 0) is 77.8 Å². The first-order valence-electron chi connectivity index (χ1n) is 12.9. The van der Waals surface area contributed by atoms with Gasteiger partial charge in [0.1, 0.15) is 5.60 Å². The van der Waals surface area contributed by atoms with Gasteiger partial charge < -0.3 is 5.11 Å². The van der Waals surface area contributed by atoms with Gasteiger partial charge in [-0.3, -0.25) is 0 Å². The third kappa shape index (κ3) is 5.37. The maximum atomic E-state index is 12.5. The standard InChI is InChI=1S/C31H36Br2O/c1-3-5-7-9-11-22-17-23(12-10-8-6-4-2)19-24(18-22)31(34)29-20-25(32)13-15-27(29)28-16-14-26(33)21-30(28)31/h13-21,34H,3-12H2,1-2H3. The Morgan fingerprint density at radius 3 is 1.53 bits per heavy atom. The molecule has 0 atom stereocenters. The Labute approximate surface area is 222 Å². The third-order valence-corrected chi connectivity index (χ3v) is 8.13. The van der Waals surface area contributed by atoms with Crippen molar-refractivity contribution in [2.75, 3.05) is 0 Å². The second-order valence-electron chi connectivity index (χ2n) is 9.75. The van der Waals surface area contributed by atoms with E-state index in [0.29, 0.717) is 0 Å². The largest absolute Gasteiger partial charge is 0.376 e. The maximum absolute atomic E-state index is 12.5. The van der Waals surface area contributed by atoms with E-state index in [0.717, 1.165) is 49.6 Å². The van der Waals surface area contributed by atoms with E-state index in [2.05, 4.69) is 100 Å². The van der Waals surface area contributed by atoms with Gasteiger partial charge in [-0.15, -0.1) is 0 Å². The lowest BCUT2D eigenvalue weighted by Gasteiger charge is -2.28. The van der Waals surface area contributed by atoms with Gasteiger partial charge in [0, 0.05) is 20.1 Å². The average molecular weight is 584 g/mol. The number of hydrogen-bond donors (Lipinski definition) is 1. The van der Waals surface area contributed by atoms with Crippen molar-refractivity contribution < 1.29 is 5.11 Å². The minimum absolute atomic E-state index is 0.968. The lowest BCUT2D eigenvalue weighted by atomic mass is 9.82. The lowest BCUT2D eigenvalue weighted by Crippen LogP contribution is -2.26. The van der Waals surface area contributed by atoms with Crippen LogP contribution in [0.4, 0.5) is 0 Å². The van der Waals surface area contributed by atoms with Crippen LogP contribution in [0.1, 0.15) is 93.0 Å². The summed E-state index contributed by atoms with van der Waals surface area (Å²) in [6, 6.07) is 19.5. The van der Waals surface area contributed by atoms with Crippen molar-refractivity contribution in [3.8, 4) is 11.1 Å². The topological polar surface area (TPSA) is 20.2 Å². The van der Waals surface area contributed by atoms with Crippen LogP contribution < -0.4 is 0 Å². The minimum Gasteiger partial charge on any atom is -0.376 e. The fraction of sp³-hybridized carbons (Fsp3) is 0.419.